The quantitative estimate of drug-likeness (QED) is 0.417. The van der Waals surface area contributed by atoms with Crippen molar-refractivity contribution < 1.29 is 0 Å². The van der Waals surface area contributed by atoms with E-state index in [2.05, 4.69) is 63.7 Å². The Labute approximate surface area is 152 Å². The summed E-state index contributed by atoms with van der Waals surface area (Å²) >= 11 is 6.08. The van der Waals surface area contributed by atoms with Crippen molar-refractivity contribution in [2.24, 2.45) is 0 Å². The Kier molecular flexibility index (Phi) is 3.46. The summed E-state index contributed by atoms with van der Waals surface area (Å²) in [4.78, 5) is 0. The number of aromatic nitrogens is 2. The van der Waals surface area contributed by atoms with Gasteiger partial charge in [0.2, 0.25) is 0 Å². The van der Waals surface area contributed by atoms with Crippen LogP contribution in [-0.2, 0) is 13.0 Å². The van der Waals surface area contributed by atoms with Gasteiger partial charge in [-0.15, -0.1) is 0 Å². The Morgan fingerprint density at radius 1 is 0.800 bits per heavy atom. The third-order valence-corrected chi connectivity index (χ3v) is 5.42. The molecule has 124 valence electrons. The zero-order valence-corrected chi connectivity index (χ0v) is 14.7. The van der Waals surface area contributed by atoms with Gasteiger partial charge in [-0.05, 0) is 54.2 Å². The molecule has 2 aromatic heterocycles. The van der Waals surface area contributed by atoms with E-state index >= 15 is 0 Å². The average Bonchev–Trinajstić information content (AvgIpc) is 3.10. The van der Waals surface area contributed by atoms with Crippen LogP contribution in [0.2, 0.25) is 5.02 Å². The molecule has 3 heteroatoms. The molecule has 0 aliphatic carbocycles. The molecule has 0 N–H and O–H groups in total. The van der Waals surface area contributed by atoms with Gasteiger partial charge in [-0.3, -0.25) is 0 Å². The molecule has 0 fully saturated rings. The van der Waals surface area contributed by atoms with Crippen LogP contribution in [0.25, 0.3) is 28.2 Å². The van der Waals surface area contributed by atoms with Crippen LogP contribution < -0.4 is 0 Å². The zero-order chi connectivity index (χ0) is 16.8. The molecule has 0 saturated carbocycles. The van der Waals surface area contributed by atoms with Crippen LogP contribution in [0.4, 0.5) is 0 Å². The molecule has 0 spiro atoms. The average molecular weight is 347 g/mol. The van der Waals surface area contributed by atoms with E-state index in [0.29, 0.717) is 0 Å². The molecule has 1 aliphatic heterocycles. The Morgan fingerprint density at radius 2 is 1.56 bits per heavy atom. The van der Waals surface area contributed by atoms with Crippen molar-refractivity contribution in [2.75, 3.05) is 0 Å². The van der Waals surface area contributed by atoms with Gasteiger partial charge >= 0.3 is 0 Å². The minimum absolute atomic E-state index is 0.778. The number of nitrogens with zero attached hydrogens (tertiary/aromatic N) is 2. The number of halogens is 1. The maximum absolute atomic E-state index is 6.08. The smallest absolute Gasteiger partial charge is 0.121 e. The highest BCUT2D eigenvalue weighted by atomic mass is 35.5. The minimum Gasteiger partial charge on any atom is -0.325 e. The first kappa shape index (κ1) is 14.9. The summed E-state index contributed by atoms with van der Waals surface area (Å²) < 4.78 is 4.86. The van der Waals surface area contributed by atoms with Crippen LogP contribution in [0.1, 0.15) is 18.4 Å². The van der Waals surface area contributed by atoms with E-state index < -0.39 is 0 Å². The fourth-order valence-corrected chi connectivity index (χ4v) is 4.11. The number of rotatable bonds is 2. The van der Waals surface area contributed by atoms with Gasteiger partial charge in [0.15, 0.2) is 0 Å². The Morgan fingerprint density at radius 3 is 2.36 bits per heavy atom. The second kappa shape index (κ2) is 5.82. The van der Waals surface area contributed by atoms with Crippen molar-refractivity contribution in [3.8, 4) is 22.5 Å². The predicted molar refractivity (Wildman–Crippen MR) is 104 cm³/mol. The molecule has 2 nitrogen and oxygen atoms in total. The van der Waals surface area contributed by atoms with E-state index in [1.807, 2.05) is 12.1 Å². The Hall–Kier alpha value is -2.45. The maximum Gasteiger partial charge on any atom is 0.121 e. The molecule has 0 atom stereocenters. The first-order chi connectivity index (χ1) is 12.3. The fourth-order valence-electron chi connectivity index (χ4n) is 3.99. The van der Waals surface area contributed by atoms with Gasteiger partial charge in [0.25, 0.3) is 0 Å². The summed E-state index contributed by atoms with van der Waals surface area (Å²) in [6.45, 7) is 1.08. The highest BCUT2D eigenvalue weighted by Gasteiger charge is 2.20. The van der Waals surface area contributed by atoms with Crippen molar-refractivity contribution in [1.82, 2.24) is 8.97 Å². The van der Waals surface area contributed by atoms with Crippen LogP contribution >= 0.6 is 11.6 Å². The highest BCUT2D eigenvalue weighted by molar-refractivity contribution is 6.30. The van der Waals surface area contributed by atoms with Gasteiger partial charge in [-0.2, -0.15) is 0 Å². The number of aryl methyl sites for hydroxylation is 2. The molecule has 2 aromatic carbocycles. The van der Waals surface area contributed by atoms with E-state index in [9.17, 15) is 0 Å². The molecule has 25 heavy (non-hydrogen) atoms. The van der Waals surface area contributed by atoms with Crippen LogP contribution in [0, 0.1) is 0 Å². The topological polar surface area (TPSA) is 9.34 Å². The summed E-state index contributed by atoms with van der Waals surface area (Å²) in [6, 6.07) is 21.2. The number of benzene rings is 2. The second-order valence-electron chi connectivity index (χ2n) is 6.74. The lowest BCUT2D eigenvalue weighted by Crippen LogP contribution is -1.98. The summed E-state index contributed by atoms with van der Waals surface area (Å²) in [7, 11) is 0. The lowest BCUT2D eigenvalue weighted by molar-refractivity contribution is 0.647. The zero-order valence-electron chi connectivity index (χ0n) is 14.0. The normalized spacial score (nSPS) is 14.0. The fraction of sp³-hybridized carbons (Fsp3) is 0.182. The molecule has 4 aromatic rings. The first-order valence-electron chi connectivity index (χ1n) is 8.86. The minimum atomic E-state index is 0.778. The van der Waals surface area contributed by atoms with Gasteiger partial charge in [0.05, 0.1) is 11.4 Å². The largest absolute Gasteiger partial charge is 0.325 e. The lowest BCUT2D eigenvalue weighted by atomic mass is 10.1. The summed E-state index contributed by atoms with van der Waals surface area (Å²) in [6.07, 6.45) is 5.92. The number of hydrogen-bond donors (Lipinski definition) is 0. The van der Waals surface area contributed by atoms with Crippen molar-refractivity contribution in [3.05, 3.63) is 77.4 Å². The van der Waals surface area contributed by atoms with E-state index in [-0.39, 0.29) is 0 Å². The second-order valence-corrected chi connectivity index (χ2v) is 7.18. The molecular formula is C22H19ClN2. The monoisotopic (exact) mass is 346 g/mol. The van der Waals surface area contributed by atoms with Gasteiger partial charge in [-0.25, -0.2) is 0 Å². The van der Waals surface area contributed by atoms with Gasteiger partial charge in [0, 0.05) is 17.8 Å². The maximum atomic E-state index is 6.08. The SMILES string of the molecule is Clc1ccc(-c2cc3c4n(c(-c5ccccc5)cn24)CCCC3)cc1. The van der Waals surface area contributed by atoms with Gasteiger partial charge < -0.3 is 8.97 Å². The van der Waals surface area contributed by atoms with E-state index in [1.165, 1.54) is 46.6 Å². The van der Waals surface area contributed by atoms with E-state index in [4.69, 9.17) is 11.6 Å². The number of hydrogen-bond acceptors (Lipinski definition) is 0. The molecule has 0 bridgehead atoms. The summed E-state index contributed by atoms with van der Waals surface area (Å²) in [5.41, 5.74) is 7.84. The Bertz CT molecular complexity index is 1040. The van der Waals surface area contributed by atoms with Crippen molar-refractivity contribution in [1.29, 1.82) is 0 Å². The molecule has 1 aliphatic rings. The number of imidazole rings is 1. The van der Waals surface area contributed by atoms with Crippen LogP contribution in [0.3, 0.4) is 0 Å². The Balaban J connectivity index is 1.79. The molecule has 3 heterocycles. The lowest BCUT2D eigenvalue weighted by Gasteiger charge is -2.07. The van der Waals surface area contributed by atoms with E-state index in [1.54, 1.807) is 0 Å². The molecular weight excluding hydrogens is 328 g/mol. The molecule has 0 unspecified atom stereocenters. The van der Waals surface area contributed by atoms with Crippen molar-refractivity contribution in [3.63, 3.8) is 0 Å². The third-order valence-electron chi connectivity index (χ3n) is 5.17. The van der Waals surface area contributed by atoms with Crippen LogP contribution in [0.15, 0.2) is 66.9 Å². The van der Waals surface area contributed by atoms with Crippen molar-refractivity contribution in [2.45, 2.75) is 25.8 Å². The van der Waals surface area contributed by atoms with Gasteiger partial charge in [-0.1, -0.05) is 54.1 Å². The predicted octanol–water partition coefficient (Wildman–Crippen LogP) is 6.06. The van der Waals surface area contributed by atoms with Crippen LogP contribution in [0.5, 0.6) is 0 Å². The van der Waals surface area contributed by atoms with Gasteiger partial charge in [0.1, 0.15) is 5.65 Å². The third kappa shape index (κ3) is 2.40. The molecule has 0 amide bonds. The van der Waals surface area contributed by atoms with E-state index in [0.717, 1.165) is 18.0 Å². The molecule has 0 radical (unpaired) electrons. The first-order valence-corrected chi connectivity index (χ1v) is 9.24. The summed E-state index contributed by atoms with van der Waals surface area (Å²) in [5.74, 6) is 0. The molecule has 0 saturated heterocycles. The van der Waals surface area contributed by atoms with Crippen LogP contribution in [-0.4, -0.2) is 8.97 Å². The highest BCUT2D eigenvalue weighted by Crippen LogP contribution is 2.35. The summed E-state index contributed by atoms with van der Waals surface area (Å²) in [5, 5.41) is 0.778. The molecule has 5 rings (SSSR count). The van der Waals surface area contributed by atoms with Crippen molar-refractivity contribution >= 4 is 17.2 Å². The standard InChI is InChI=1S/C22H19ClN2/c23-19-11-9-17(10-12-19)20-14-18-8-4-5-13-24-21(15-25(20)22(18)24)16-6-2-1-3-7-16/h1-3,6-7,9-12,14-15H,4-5,8,13H2.